The molecule has 1 aliphatic rings. The van der Waals surface area contributed by atoms with E-state index in [9.17, 15) is 9.59 Å². The number of rotatable bonds is 5. The van der Waals surface area contributed by atoms with Crippen LogP contribution in [0.2, 0.25) is 0 Å². The highest BCUT2D eigenvalue weighted by atomic mass is 32.2. The van der Waals surface area contributed by atoms with Gasteiger partial charge in [0.15, 0.2) is 0 Å². The predicted octanol–water partition coefficient (Wildman–Crippen LogP) is 2.92. The van der Waals surface area contributed by atoms with E-state index in [2.05, 4.69) is 17.2 Å². The lowest BCUT2D eigenvalue weighted by Crippen LogP contribution is -2.39. The third-order valence-corrected chi connectivity index (χ3v) is 4.39. The first-order chi connectivity index (χ1) is 10.7. The molecule has 2 rings (SSSR count). The molecular formula is C16H23N3O2S. The summed E-state index contributed by atoms with van der Waals surface area (Å²) in [6.07, 6.45) is 6.36. The standard InChI is InChI=1S/C16H23N3O2S/c1-2-22-15-9-8-13(11-17-15)18-14(20)12-19-10-6-4-3-5-7-16(19)21/h8-9,11H,2-7,10,12H2,1H3,(H,18,20). The maximum atomic E-state index is 12.1. The number of carbonyl (C=O) groups is 2. The van der Waals surface area contributed by atoms with Crippen molar-refractivity contribution >= 4 is 29.3 Å². The van der Waals surface area contributed by atoms with Gasteiger partial charge in [-0.15, -0.1) is 11.8 Å². The van der Waals surface area contributed by atoms with E-state index >= 15 is 0 Å². The number of pyridine rings is 1. The lowest BCUT2D eigenvalue weighted by atomic mass is 10.1. The lowest BCUT2D eigenvalue weighted by Gasteiger charge is -2.24. The van der Waals surface area contributed by atoms with Crippen molar-refractivity contribution in [3.63, 3.8) is 0 Å². The van der Waals surface area contributed by atoms with Crippen molar-refractivity contribution in [1.29, 1.82) is 0 Å². The summed E-state index contributed by atoms with van der Waals surface area (Å²) in [5.41, 5.74) is 0.671. The van der Waals surface area contributed by atoms with Gasteiger partial charge in [0.1, 0.15) is 0 Å². The van der Waals surface area contributed by atoms with Crippen LogP contribution >= 0.6 is 11.8 Å². The summed E-state index contributed by atoms with van der Waals surface area (Å²) < 4.78 is 0. The quantitative estimate of drug-likeness (QED) is 0.847. The van der Waals surface area contributed by atoms with E-state index < -0.39 is 0 Å². The van der Waals surface area contributed by atoms with Crippen molar-refractivity contribution in [3.05, 3.63) is 18.3 Å². The molecule has 0 radical (unpaired) electrons. The van der Waals surface area contributed by atoms with Gasteiger partial charge in [-0.25, -0.2) is 4.98 Å². The van der Waals surface area contributed by atoms with Crippen LogP contribution in [0.3, 0.4) is 0 Å². The van der Waals surface area contributed by atoms with Gasteiger partial charge in [-0.1, -0.05) is 19.8 Å². The van der Waals surface area contributed by atoms with Gasteiger partial charge in [-0.3, -0.25) is 9.59 Å². The Labute approximate surface area is 135 Å². The Hall–Kier alpha value is -1.56. The summed E-state index contributed by atoms with van der Waals surface area (Å²) in [4.78, 5) is 30.0. The Balaban J connectivity index is 1.86. The van der Waals surface area contributed by atoms with Gasteiger partial charge in [-0.2, -0.15) is 0 Å². The molecular weight excluding hydrogens is 298 g/mol. The van der Waals surface area contributed by atoms with E-state index in [1.54, 1.807) is 22.9 Å². The number of nitrogens with one attached hydrogen (secondary N) is 1. The summed E-state index contributed by atoms with van der Waals surface area (Å²) in [7, 11) is 0. The molecule has 0 spiro atoms. The van der Waals surface area contributed by atoms with Gasteiger partial charge >= 0.3 is 0 Å². The molecule has 0 saturated carbocycles. The van der Waals surface area contributed by atoms with E-state index in [0.717, 1.165) is 36.5 Å². The number of carbonyl (C=O) groups excluding carboxylic acids is 2. The van der Waals surface area contributed by atoms with Crippen molar-refractivity contribution in [2.45, 2.75) is 44.1 Å². The molecule has 1 fully saturated rings. The van der Waals surface area contributed by atoms with Crippen molar-refractivity contribution in [1.82, 2.24) is 9.88 Å². The van der Waals surface area contributed by atoms with Crippen molar-refractivity contribution in [2.75, 3.05) is 24.2 Å². The van der Waals surface area contributed by atoms with Crippen molar-refractivity contribution in [2.24, 2.45) is 0 Å². The maximum Gasteiger partial charge on any atom is 0.244 e. The van der Waals surface area contributed by atoms with Crippen molar-refractivity contribution < 1.29 is 9.59 Å². The Morgan fingerprint density at radius 2 is 2.14 bits per heavy atom. The molecule has 0 aromatic carbocycles. The molecule has 6 heteroatoms. The number of amides is 2. The predicted molar refractivity (Wildman–Crippen MR) is 88.9 cm³/mol. The fraction of sp³-hybridized carbons (Fsp3) is 0.562. The molecule has 120 valence electrons. The molecule has 5 nitrogen and oxygen atoms in total. The van der Waals surface area contributed by atoms with Gasteiger partial charge in [0.25, 0.3) is 0 Å². The Morgan fingerprint density at radius 3 is 2.86 bits per heavy atom. The zero-order valence-corrected chi connectivity index (χ0v) is 13.8. The monoisotopic (exact) mass is 321 g/mol. The van der Waals surface area contributed by atoms with Gasteiger partial charge < -0.3 is 10.2 Å². The van der Waals surface area contributed by atoms with Crippen LogP contribution in [0.4, 0.5) is 5.69 Å². The number of nitrogens with zero attached hydrogens (tertiary/aromatic N) is 2. The minimum absolute atomic E-state index is 0.0858. The van der Waals surface area contributed by atoms with E-state index in [1.165, 1.54) is 0 Å². The summed E-state index contributed by atoms with van der Waals surface area (Å²) in [5.74, 6) is 0.893. The SMILES string of the molecule is CCSc1ccc(NC(=O)CN2CCCCCCC2=O)cn1. The first kappa shape index (κ1) is 16.8. The highest BCUT2D eigenvalue weighted by Gasteiger charge is 2.18. The van der Waals surface area contributed by atoms with Crippen molar-refractivity contribution in [3.8, 4) is 0 Å². The van der Waals surface area contributed by atoms with Crippen LogP contribution < -0.4 is 5.32 Å². The molecule has 1 saturated heterocycles. The fourth-order valence-electron chi connectivity index (χ4n) is 2.44. The molecule has 2 heterocycles. The smallest absolute Gasteiger partial charge is 0.244 e. The zero-order chi connectivity index (χ0) is 15.8. The first-order valence-electron chi connectivity index (χ1n) is 7.85. The Morgan fingerprint density at radius 1 is 1.32 bits per heavy atom. The largest absolute Gasteiger partial charge is 0.333 e. The highest BCUT2D eigenvalue weighted by Crippen LogP contribution is 2.16. The number of aromatic nitrogens is 1. The average Bonchev–Trinajstić information content (AvgIpc) is 2.49. The third-order valence-electron chi connectivity index (χ3n) is 3.57. The first-order valence-corrected chi connectivity index (χ1v) is 8.84. The average molecular weight is 321 g/mol. The summed E-state index contributed by atoms with van der Waals surface area (Å²) in [5, 5.41) is 3.75. The molecule has 1 aliphatic heterocycles. The van der Waals surface area contributed by atoms with E-state index in [-0.39, 0.29) is 18.4 Å². The molecule has 1 aromatic heterocycles. The molecule has 0 unspecified atom stereocenters. The number of likely N-dealkylation sites (tertiary alicyclic amines) is 1. The van der Waals surface area contributed by atoms with Crippen LogP contribution in [0.5, 0.6) is 0 Å². The molecule has 0 aliphatic carbocycles. The topological polar surface area (TPSA) is 62.3 Å². The molecule has 22 heavy (non-hydrogen) atoms. The Bertz CT molecular complexity index is 505. The normalized spacial score (nSPS) is 16.0. The van der Waals surface area contributed by atoms with E-state index in [0.29, 0.717) is 18.7 Å². The van der Waals surface area contributed by atoms with Crippen LogP contribution in [-0.2, 0) is 9.59 Å². The van der Waals surface area contributed by atoms with E-state index in [4.69, 9.17) is 0 Å². The van der Waals surface area contributed by atoms with Crippen LogP contribution in [0.25, 0.3) is 0 Å². The minimum atomic E-state index is -0.161. The Kier molecular flexibility index (Phi) is 6.71. The van der Waals surface area contributed by atoms with Gasteiger partial charge in [0.2, 0.25) is 11.8 Å². The van der Waals surface area contributed by atoms with Crippen LogP contribution in [0.1, 0.15) is 39.0 Å². The van der Waals surface area contributed by atoms with Crippen LogP contribution in [0, 0.1) is 0 Å². The number of hydrogen-bond acceptors (Lipinski definition) is 4. The molecule has 0 atom stereocenters. The molecule has 1 aromatic rings. The van der Waals surface area contributed by atoms with Gasteiger partial charge in [0, 0.05) is 13.0 Å². The summed E-state index contributed by atoms with van der Waals surface area (Å²) in [6.45, 7) is 2.88. The van der Waals surface area contributed by atoms with E-state index in [1.807, 2.05) is 12.1 Å². The number of anilines is 1. The third kappa shape index (κ3) is 5.33. The molecule has 2 amide bonds. The van der Waals surface area contributed by atoms with Crippen LogP contribution in [0.15, 0.2) is 23.4 Å². The second kappa shape index (κ2) is 8.78. The second-order valence-corrected chi connectivity index (χ2v) is 6.63. The van der Waals surface area contributed by atoms with Gasteiger partial charge in [-0.05, 0) is 30.7 Å². The summed E-state index contributed by atoms with van der Waals surface area (Å²) in [6, 6.07) is 3.74. The van der Waals surface area contributed by atoms with Gasteiger partial charge in [0.05, 0.1) is 23.5 Å². The zero-order valence-electron chi connectivity index (χ0n) is 13.0. The molecule has 0 bridgehead atoms. The highest BCUT2D eigenvalue weighted by molar-refractivity contribution is 7.99. The fourth-order valence-corrected chi connectivity index (χ4v) is 3.03. The number of hydrogen-bond donors (Lipinski definition) is 1. The van der Waals surface area contributed by atoms with Crippen LogP contribution in [-0.4, -0.2) is 40.5 Å². The maximum absolute atomic E-state index is 12.1. The number of thioether (sulfide) groups is 1. The summed E-state index contributed by atoms with van der Waals surface area (Å²) >= 11 is 1.66. The minimum Gasteiger partial charge on any atom is -0.333 e. The molecule has 1 N–H and O–H groups in total. The lowest BCUT2D eigenvalue weighted by molar-refractivity contribution is -0.135. The second-order valence-electron chi connectivity index (χ2n) is 5.35.